The number of carbonyl (C=O) groups excluding carboxylic acids is 1. The number of amides is 1. The molecule has 1 aromatic carbocycles. The molecule has 4 rings (SSSR count). The fourth-order valence-corrected chi connectivity index (χ4v) is 3.15. The van der Waals surface area contributed by atoms with Crippen LogP contribution in [0, 0.1) is 0 Å². The van der Waals surface area contributed by atoms with Gasteiger partial charge in [-0.25, -0.2) is 0 Å². The second-order valence-corrected chi connectivity index (χ2v) is 6.29. The number of hydrogen-bond donors (Lipinski definition) is 0. The number of aromatic nitrogens is 4. The van der Waals surface area contributed by atoms with Crippen molar-refractivity contribution in [3.05, 3.63) is 48.5 Å². The molecule has 3 aromatic rings. The Morgan fingerprint density at radius 1 is 1.15 bits per heavy atom. The number of ether oxygens (including phenoxy) is 2. The van der Waals surface area contributed by atoms with Crippen molar-refractivity contribution in [2.24, 2.45) is 0 Å². The zero-order valence-corrected chi connectivity index (χ0v) is 14.9. The lowest BCUT2D eigenvalue weighted by Crippen LogP contribution is -2.44. The minimum Gasteiger partial charge on any atom is -0.480 e. The smallest absolute Gasteiger partial charge is 0.254 e. The number of rotatable bonds is 4. The third-order valence-corrected chi connectivity index (χ3v) is 4.47. The van der Waals surface area contributed by atoms with Gasteiger partial charge in [0.2, 0.25) is 11.8 Å². The second kappa shape index (κ2) is 7.53. The zero-order chi connectivity index (χ0) is 18.6. The van der Waals surface area contributed by atoms with E-state index in [0.29, 0.717) is 35.9 Å². The van der Waals surface area contributed by atoms with E-state index in [1.54, 1.807) is 35.6 Å². The normalized spacial score (nSPS) is 16.9. The number of piperidine rings is 1. The van der Waals surface area contributed by atoms with Gasteiger partial charge in [0.25, 0.3) is 5.91 Å². The lowest BCUT2D eigenvalue weighted by molar-refractivity contribution is 0.0525. The molecule has 8 nitrogen and oxygen atoms in total. The predicted octanol–water partition coefficient (Wildman–Crippen LogP) is 2.11. The standard InChI is InChI=1S/C19H19N5O3/c1-26-17-10-20-11-18(23-17)27-14-3-2-8-24(12-14)19(25)13-4-5-15-16(9-13)22-7-6-21-15/h4-7,9-11,14H,2-3,8,12H2,1H3/t14-/m0/s1. The van der Waals surface area contributed by atoms with Gasteiger partial charge in [-0.3, -0.25) is 19.7 Å². The molecule has 0 N–H and O–H groups in total. The van der Waals surface area contributed by atoms with Crippen molar-refractivity contribution >= 4 is 16.9 Å². The largest absolute Gasteiger partial charge is 0.480 e. The van der Waals surface area contributed by atoms with Crippen molar-refractivity contribution in [3.63, 3.8) is 0 Å². The van der Waals surface area contributed by atoms with Crippen LogP contribution in [0.4, 0.5) is 0 Å². The summed E-state index contributed by atoms with van der Waals surface area (Å²) in [4.78, 5) is 31.5. The van der Waals surface area contributed by atoms with Gasteiger partial charge < -0.3 is 14.4 Å². The maximum absolute atomic E-state index is 12.9. The highest BCUT2D eigenvalue weighted by Gasteiger charge is 2.26. The fraction of sp³-hybridized carbons (Fsp3) is 0.316. The molecule has 1 aliphatic heterocycles. The number of methoxy groups -OCH3 is 1. The van der Waals surface area contributed by atoms with Crippen LogP contribution in [0.25, 0.3) is 11.0 Å². The third kappa shape index (κ3) is 3.79. The summed E-state index contributed by atoms with van der Waals surface area (Å²) in [5.41, 5.74) is 2.08. The summed E-state index contributed by atoms with van der Waals surface area (Å²) in [5, 5.41) is 0. The molecule has 0 unspecified atom stereocenters. The summed E-state index contributed by atoms with van der Waals surface area (Å²) >= 11 is 0. The molecule has 1 fully saturated rings. The Kier molecular flexibility index (Phi) is 4.78. The van der Waals surface area contributed by atoms with Crippen LogP contribution >= 0.6 is 0 Å². The van der Waals surface area contributed by atoms with Crippen LogP contribution < -0.4 is 9.47 Å². The monoisotopic (exact) mass is 365 g/mol. The van der Waals surface area contributed by atoms with E-state index in [1.807, 2.05) is 6.07 Å². The maximum Gasteiger partial charge on any atom is 0.254 e. The van der Waals surface area contributed by atoms with Gasteiger partial charge in [0.05, 0.1) is 37.1 Å². The first-order valence-electron chi connectivity index (χ1n) is 8.75. The molecule has 1 atom stereocenters. The lowest BCUT2D eigenvalue weighted by atomic mass is 10.1. The Balaban J connectivity index is 1.47. The minimum atomic E-state index is -0.135. The predicted molar refractivity (Wildman–Crippen MR) is 97.7 cm³/mol. The van der Waals surface area contributed by atoms with Gasteiger partial charge in [-0.1, -0.05) is 0 Å². The molecule has 1 aliphatic rings. The first-order valence-corrected chi connectivity index (χ1v) is 8.75. The molecule has 27 heavy (non-hydrogen) atoms. The molecule has 0 spiro atoms. The number of fused-ring (bicyclic) bond motifs is 1. The van der Waals surface area contributed by atoms with Crippen LogP contribution in [-0.2, 0) is 0 Å². The van der Waals surface area contributed by atoms with Gasteiger partial charge in [0.15, 0.2) is 0 Å². The van der Waals surface area contributed by atoms with E-state index in [0.717, 1.165) is 18.4 Å². The van der Waals surface area contributed by atoms with Crippen LogP contribution in [0.15, 0.2) is 43.0 Å². The van der Waals surface area contributed by atoms with E-state index in [-0.39, 0.29) is 12.0 Å². The Morgan fingerprint density at radius 3 is 2.81 bits per heavy atom. The highest BCUT2D eigenvalue weighted by atomic mass is 16.5. The lowest BCUT2D eigenvalue weighted by Gasteiger charge is -2.32. The summed E-state index contributed by atoms with van der Waals surface area (Å²) in [7, 11) is 1.53. The molecule has 0 aliphatic carbocycles. The topological polar surface area (TPSA) is 90.3 Å². The molecule has 1 saturated heterocycles. The van der Waals surface area contributed by atoms with Crippen LogP contribution in [-0.4, -0.2) is 57.0 Å². The quantitative estimate of drug-likeness (QED) is 0.699. The molecule has 0 bridgehead atoms. The fourth-order valence-electron chi connectivity index (χ4n) is 3.15. The van der Waals surface area contributed by atoms with Crippen molar-refractivity contribution in [2.75, 3.05) is 20.2 Å². The number of carbonyl (C=O) groups is 1. The van der Waals surface area contributed by atoms with E-state index in [2.05, 4.69) is 19.9 Å². The number of hydrogen-bond acceptors (Lipinski definition) is 7. The van der Waals surface area contributed by atoms with Crippen LogP contribution in [0.3, 0.4) is 0 Å². The molecule has 0 radical (unpaired) electrons. The van der Waals surface area contributed by atoms with E-state index >= 15 is 0 Å². The average molecular weight is 365 g/mol. The second-order valence-electron chi connectivity index (χ2n) is 6.29. The van der Waals surface area contributed by atoms with Crippen molar-refractivity contribution in [2.45, 2.75) is 18.9 Å². The summed E-state index contributed by atoms with van der Waals surface area (Å²) in [6, 6.07) is 5.39. The van der Waals surface area contributed by atoms with Gasteiger partial charge >= 0.3 is 0 Å². The summed E-state index contributed by atoms with van der Waals surface area (Å²) < 4.78 is 11.0. The highest BCUT2D eigenvalue weighted by Crippen LogP contribution is 2.20. The summed E-state index contributed by atoms with van der Waals surface area (Å²) in [6.45, 7) is 1.19. The van der Waals surface area contributed by atoms with Crippen LogP contribution in [0.2, 0.25) is 0 Å². The Bertz CT molecular complexity index is 965. The molecule has 1 amide bonds. The summed E-state index contributed by atoms with van der Waals surface area (Å²) in [6.07, 6.45) is 7.91. The van der Waals surface area contributed by atoms with E-state index < -0.39 is 0 Å². The average Bonchev–Trinajstić information content (AvgIpc) is 2.73. The van der Waals surface area contributed by atoms with Crippen LogP contribution in [0.1, 0.15) is 23.2 Å². The summed E-state index contributed by atoms with van der Waals surface area (Å²) in [5.74, 6) is 0.760. The van der Waals surface area contributed by atoms with Crippen molar-refractivity contribution in [1.82, 2.24) is 24.8 Å². The first-order chi connectivity index (χ1) is 13.2. The molecule has 3 heterocycles. The highest BCUT2D eigenvalue weighted by molar-refractivity contribution is 5.97. The number of benzene rings is 1. The SMILES string of the molecule is COc1cncc(O[C@H]2CCCN(C(=O)c3ccc4nccnc4c3)C2)n1. The van der Waals surface area contributed by atoms with Crippen molar-refractivity contribution in [1.29, 1.82) is 0 Å². The Hall–Kier alpha value is -3.29. The number of likely N-dealkylation sites (tertiary alicyclic amines) is 1. The van der Waals surface area contributed by atoms with E-state index in [9.17, 15) is 4.79 Å². The third-order valence-electron chi connectivity index (χ3n) is 4.47. The molecule has 138 valence electrons. The maximum atomic E-state index is 12.9. The Morgan fingerprint density at radius 2 is 1.96 bits per heavy atom. The minimum absolute atomic E-state index is 0.0346. The number of nitrogens with zero attached hydrogens (tertiary/aromatic N) is 5. The van der Waals surface area contributed by atoms with E-state index in [1.165, 1.54) is 13.3 Å². The van der Waals surface area contributed by atoms with Crippen LogP contribution in [0.5, 0.6) is 11.8 Å². The first kappa shape index (κ1) is 17.1. The van der Waals surface area contributed by atoms with Gasteiger partial charge in [0.1, 0.15) is 6.10 Å². The van der Waals surface area contributed by atoms with Crippen molar-refractivity contribution < 1.29 is 14.3 Å². The van der Waals surface area contributed by atoms with Gasteiger partial charge in [-0.15, -0.1) is 0 Å². The molecule has 8 heteroatoms. The molecule has 0 saturated carbocycles. The Labute approximate surface area is 156 Å². The van der Waals surface area contributed by atoms with Gasteiger partial charge in [0, 0.05) is 24.5 Å². The van der Waals surface area contributed by atoms with Gasteiger partial charge in [-0.05, 0) is 31.0 Å². The van der Waals surface area contributed by atoms with Crippen molar-refractivity contribution in [3.8, 4) is 11.8 Å². The van der Waals surface area contributed by atoms with E-state index in [4.69, 9.17) is 9.47 Å². The molecule has 2 aromatic heterocycles. The van der Waals surface area contributed by atoms with Gasteiger partial charge in [-0.2, -0.15) is 4.98 Å². The zero-order valence-electron chi connectivity index (χ0n) is 14.9. The molecular weight excluding hydrogens is 346 g/mol. The molecular formula is C19H19N5O3.